The number of nitrogens with zero attached hydrogens (tertiary/aromatic N) is 1. The zero-order chi connectivity index (χ0) is 13.9. The van der Waals surface area contributed by atoms with Gasteiger partial charge in [0.1, 0.15) is 18.1 Å². The highest BCUT2D eigenvalue weighted by molar-refractivity contribution is 5.93. The van der Waals surface area contributed by atoms with Gasteiger partial charge in [-0.15, -0.1) is 0 Å². The van der Waals surface area contributed by atoms with Crippen LogP contribution in [0.1, 0.15) is 16.2 Å². The number of aromatic nitrogens is 1. The lowest BCUT2D eigenvalue weighted by molar-refractivity contribution is 0.0690. The van der Waals surface area contributed by atoms with Gasteiger partial charge < -0.3 is 14.3 Å². The maximum absolute atomic E-state index is 11.1. The van der Waals surface area contributed by atoms with E-state index in [0.717, 1.165) is 5.39 Å². The molecule has 0 atom stereocenters. The van der Waals surface area contributed by atoms with Crippen LogP contribution < -0.4 is 4.74 Å². The number of hydrogen-bond donors (Lipinski definition) is 1. The summed E-state index contributed by atoms with van der Waals surface area (Å²) in [4.78, 5) is 15.2. The lowest BCUT2D eigenvalue weighted by atomic mass is 10.2. The van der Waals surface area contributed by atoms with Gasteiger partial charge in [-0.1, -0.05) is 12.1 Å². The summed E-state index contributed by atoms with van der Waals surface area (Å²) in [6, 6.07) is 12.2. The first-order valence-electron chi connectivity index (χ1n) is 6.02. The van der Waals surface area contributed by atoms with Crippen molar-refractivity contribution in [3.63, 3.8) is 0 Å². The highest BCUT2D eigenvalue weighted by atomic mass is 16.5. The van der Waals surface area contributed by atoms with Crippen LogP contribution in [-0.2, 0) is 6.61 Å². The normalized spacial score (nSPS) is 10.6. The third-order valence-corrected chi connectivity index (χ3v) is 2.85. The molecule has 0 aliphatic heterocycles. The standard InChI is InChI=1S/C15H11NO4/c17-15(18)13-8-14(20-9-10-4-3-7-19-10)11-5-1-2-6-12(11)16-13/h1-8H,9H2,(H,17,18). The fraction of sp³-hybridized carbons (Fsp3) is 0.0667. The molecule has 0 spiro atoms. The van der Waals surface area contributed by atoms with Crippen molar-refractivity contribution < 1.29 is 19.1 Å². The maximum atomic E-state index is 11.1. The van der Waals surface area contributed by atoms with Crippen LogP contribution in [0.3, 0.4) is 0 Å². The second-order valence-corrected chi connectivity index (χ2v) is 4.20. The molecule has 20 heavy (non-hydrogen) atoms. The average Bonchev–Trinajstić information content (AvgIpc) is 2.97. The van der Waals surface area contributed by atoms with Gasteiger partial charge >= 0.3 is 5.97 Å². The van der Waals surface area contributed by atoms with Crippen molar-refractivity contribution in [1.29, 1.82) is 0 Å². The van der Waals surface area contributed by atoms with Gasteiger partial charge in [0.25, 0.3) is 0 Å². The summed E-state index contributed by atoms with van der Waals surface area (Å²) in [6.45, 7) is 0.236. The molecule has 100 valence electrons. The number of aromatic carboxylic acids is 1. The van der Waals surface area contributed by atoms with Crippen LogP contribution in [0.15, 0.2) is 53.1 Å². The Morgan fingerprint density at radius 2 is 2.10 bits per heavy atom. The lowest BCUT2D eigenvalue weighted by Crippen LogP contribution is -2.03. The fourth-order valence-corrected chi connectivity index (χ4v) is 1.92. The predicted molar refractivity (Wildman–Crippen MR) is 71.7 cm³/mol. The second-order valence-electron chi connectivity index (χ2n) is 4.20. The molecule has 3 aromatic rings. The van der Waals surface area contributed by atoms with Gasteiger partial charge in [0, 0.05) is 11.5 Å². The summed E-state index contributed by atoms with van der Waals surface area (Å²) in [6.07, 6.45) is 1.56. The van der Waals surface area contributed by atoms with Gasteiger partial charge in [0.15, 0.2) is 5.69 Å². The van der Waals surface area contributed by atoms with E-state index in [2.05, 4.69) is 4.98 Å². The topological polar surface area (TPSA) is 72.6 Å². The second kappa shape index (κ2) is 5.05. The minimum absolute atomic E-state index is 0.0434. The van der Waals surface area contributed by atoms with E-state index in [4.69, 9.17) is 14.3 Å². The smallest absolute Gasteiger partial charge is 0.354 e. The van der Waals surface area contributed by atoms with Crippen LogP contribution in [0.2, 0.25) is 0 Å². The van der Waals surface area contributed by atoms with E-state index in [1.54, 1.807) is 30.5 Å². The molecule has 0 radical (unpaired) electrons. The number of ether oxygens (including phenoxy) is 1. The molecule has 2 heterocycles. The first-order valence-corrected chi connectivity index (χ1v) is 6.02. The van der Waals surface area contributed by atoms with E-state index in [1.165, 1.54) is 6.07 Å². The quantitative estimate of drug-likeness (QED) is 0.787. The predicted octanol–water partition coefficient (Wildman–Crippen LogP) is 3.11. The average molecular weight is 269 g/mol. The summed E-state index contributed by atoms with van der Waals surface area (Å²) >= 11 is 0. The number of carbonyl (C=O) groups is 1. The molecule has 5 heteroatoms. The van der Waals surface area contributed by atoms with Crippen molar-refractivity contribution in [2.75, 3.05) is 0 Å². The number of benzene rings is 1. The molecule has 0 aliphatic rings. The zero-order valence-corrected chi connectivity index (χ0v) is 10.4. The number of fused-ring (bicyclic) bond motifs is 1. The third-order valence-electron chi connectivity index (χ3n) is 2.85. The van der Waals surface area contributed by atoms with E-state index in [9.17, 15) is 4.79 Å². The van der Waals surface area contributed by atoms with Gasteiger partial charge in [0.05, 0.1) is 11.8 Å². The van der Waals surface area contributed by atoms with E-state index in [-0.39, 0.29) is 12.3 Å². The van der Waals surface area contributed by atoms with Gasteiger partial charge in [-0.3, -0.25) is 0 Å². The molecule has 0 bridgehead atoms. The Morgan fingerprint density at radius 3 is 2.85 bits per heavy atom. The highest BCUT2D eigenvalue weighted by Crippen LogP contribution is 2.26. The molecule has 0 unspecified atom stereocenters. The van der Waals surface area contributed by atoms with Gasteiger partial charge in [0.2, 0.25) is 0 Å². The molecule has 3 rings (SSSR count). The Morgan fingerprint density at radius 1 is 1.25 bits per heavy atom. The SMILES string of the molecule is O=C(O)c1cc(OCc2ccco2)c2ccccc2n1. The number of hydrogen-bond acceptors (Lipinski definition) is 4. The Balaban J connectivity index is 2.00. The van der Waals surface area contributed by atoms with Crippen LogP contribution in [0.25, 0.3) is 10.9 Å². The van der Waals surface area contributed by atoms with Gasteiger partial charge in [-0.2, -0.15) is 0 Å². The zero-order valence-electron chi connectivity index (χ0n) is 10.4. The summed E-state index contributed by atoms with van der Waals surface area (Å²) in [5.41, 5.74) is 0.542. The Hall–Kier alpha value is -2.82. The number of pyridine rings is 1. The Kier molecular flexibility index (Phi) is 3.09. The monoisotopic (exact) mass is 269 g/mol. The van der Waals surface area contributed by atoms with Crippen molar-refractivity contribution in [2.45, 2.75) is 6.61 Å². The molecule has 1 N–H and O–H groups in total. The first kappa shape index (κ1) is 12.2. The fourth-order valence-electron chi connectivity index (χ4n) is 1.92. The van der Waals surface area contributed by atoms with Crippen LogP contribution in [-0.4, -0.2) is 16.1 Å². The maximum Gasteiger partial charge on any atom is 0.354 e. The van der Waals surface area contributed by atoms with E-state index in [1.807, 2.05) is 12.1 Å². The number of carboxylic acid groups (broad SMARTS) is 1. The summed E-state index contributed by atoms with van der Waals surface area (Å²) < 4.78 is 10.8. The summed E-state index contributed by atoms with van der Waals surface area (Å²) in [5, 5.41) is 9.85. The van der Waals surface area contributed by atoms with Crippen molar-refractivity contribution >= 4 is 16.9 Å². The van der Waals surface area contributed by atoms with Crippen LogP contribution >= 0.6 is 0 Å². The van der Waals surface area contributed by atoms with Crippen LogP contribution in [0.5, 0.6) is 5.75 Å². The lowest BCUT2D eigenvalue weighted by Gasteiger charge is -2.09. The van der Waals surface area contributed by atoms with E-state index < -0.39 is 5.97 Å². The Bertz CT molecular complexity index is 750. The van der Waals surface area contributed by atoms with Crippen molar-refractivity contribution in [3.05, 3.63) is 60.2 Å². The first-order chi connectivity index (χ1) is 9.74. The number of carboxylic acids is 1. The van der Waals surface area contributed by atoms with Crippen LogP contribution in [0.4, 0.5) is 0 Å². The largest absolute Gasteiger partial charge is 0.485 e. The van der Waals surface area contributed by atoms with Gasteiger partial charge in [-0.25, -0.2) is 9.78 Å². The minimum atomic E-state index is -1.08. The van der Waals surface area contributed by atoms with Crippen LogP contribution in [0, 0.1) is 0 Å². The third kappa shape index (κ3) is 2.33. The Labute approximate surface area is 114 Å². The summed E-state index contributed by atoms with van der Waals surface area (Å²) in [7, 11) is 0. The molecule has 0 aliphatic carbocycles. The molecule has 5 nitrogen and oxygen atoms in total. The highest BCUT2D eigenvalue weighted by Gasteiger charge is 2.12. The number of rotatable bonds is 4. The van der Waals surface area contributed by atoms with Gasteiger partial charge in [-0.05, 0) is 24.3 Å². The molecular weight excluding hydrogens is 258 g/mol. The number of furan rings is 1. The van der Waals surface area contributed by atoms with Crippen molar-refractivity contribution in [3.8, 4) is 5.75 Å². The number of para-hydroxylation sites is 1. The van der Waals surface area contributed by atoms with Crippen molar-refractivity contribution in [1.82, 2.24) is 4.98 Å². The molecule has 0 saturated heterocycles. The molecule has 0 fully saturated rings. The molecule has 0 amide bonds. The molecule has 2 aromatic heterocycles. The minimum Gasteiger partial charge on any atom is -0.485 e. The van der Waals surface area contributed by atoms with E-state index in [0.29, 0.717) is 17.0 Å². The summed E-state index contributed by atoms with van der Waals surface area (Å²) in [5.74, 6) is 0.0609. The van der Waals surface area contributed by atoms with Crippen molar-refractivity contribution in [2.24, 2.45) is 0 Å². The molecular formula is C15H11NO4. The molecule has 1 aromatic carbocycles. The van der Waals surface area contributed by atoms with E-state index >= 15 is 0 Å². The molecule has 0 saturated carbocycles.